The minimum atomic E-state index is -0.278. The molecule has 3 rings (SSSR count). The molecule has 0 unspecified atom stereocenters. The lowest BCUT2D eigenvalue weighted by Crippen LogP contribution is -2.20. The van der Waals surface area contributed by atoms with Crippen LogP contribution < -0.4 is 15.5 Å². The van der Waals surface area contributed by atoms with Crippen molar-refractivity contribution in [3.63, 3.8) is 0 Å². The Hall–Kier alpha value is -3.15. The highest BCUT2D eigenvalue weighted by atomic mass is 16.2. The number of anilines is 3. The highest BCUT2D eigenvalue weighted by Crippen LogP contribution is 2.30. The second-order valence-electron chi connectivity index (χ2n) is 5.69. The van der Waals surface area contributed by atoms with Gasteiger partial charge in [-0.2, -0.15) is 0 Å². The van der Waals surface area contributed by atoms with Crippen molar-refractivity contribution in [2.45, 2.75) is 13.3 Å². The van der Waals surface area contributed by atoms with Gasteiger partial charge in [0.2, 0.25) is 11.8 Å². The maximum atomic E-state index is 12.4. The highest BCUT2D eigenvalue weighted by Gasteiger charge is 2.24. The van der Waals surface area contributed by atoms with Gasteiger partial charge in [0.1, 0.15) is 0 Å². The second kappa shape index (κ2) is 6.16. The minimum Gasteiger partial charge on any atom is -0.326 e. The Morgan fingerprint density at radius 1 is 1.04 bits per heavy atom. The van der Waals surface area contributed by atoms with Crippen LogP contribution in [0.1, 0.15) is 22.8 Å². The molecule has 0 bridgehead atoms. The van der Waals surface area contributed by atoms with E-state index in [0.717, 1.165) is 11.3 Å². The second-order valence-corrected chi connectivity index (χ2v) is 5.69. The molecule has 0 radical (unpaired) electrons. The maximum absolute atomic E-state index is 12.4. The van der Waals surface area contributed by atoms with Crippen molar-refractivity contribution in [2.75, 3.05) is 22.6 Å². The summed E-state index contributed by atoms with van der Waals surface area (Å²) in [6.45, 7) is 1.41. The Balaban J connectivity index is 1.77. The number of hydrogen-bond acceptors (Lipinski definition) is 3. The van der Waals surface area contributed by atoms with E-state index >= 15 is 0 Å². The van der Waals surface area contributed by atoms with Gasteiger partial charge in [-0.15, -0.1) is 0 Å². The lowest BCUT2D eigenvalue weighted by molar-refractivity contribution is -0.117. The van der Waals surface area contributed by atoms with E-state index in [-0.39, 0.29) is 17.7 Å². The van der Waals surface area contributed by atoms with Crippen LogP contribution in [0.5, 0.6) is 0 Å². The third kappa shape index (κ3) is 3.12. The predicted molar refractivity (Wildman–Crippen MR) is 92.3 cm³/mol. The van der Waals surface area contributed by atoms with E-state index in [1.807, 2.05) is 12.1 Å². The molecule has 2 aromatic rings. The molecule has 1 heterocycles. The first-order valence-corrected chi connectivity index (χ1v) is 7.52. The fourth-order valence-corrected chi connectivity index (χ4v) is 2.69. The number of rotatable bonds is 3. The van der Waals surface area contributed by atoms with Crippen LogP contribution in [0.3, 0.4) is 0 Å². The summed E-state index contributed by atoms with van der Waals surface area (Å²) < 4.78 is 0. The summed E-state index contributed by atoms with van der Waals surface area (Å²) in [5.74, 6) is -0.434. The standard InChI is InChI=1S/C18H17N3O3/c1-11(22)19-14-5-3-4-12(8-14)18(24)20-15-6-7-16-13(9-15)10-17(23)21(16)2/h3-9H,10H2,1-2H3,(H,19,22)(H,20,24). The Labute approximate surface area is 139 Å². The van der Waals surface area contributed by atoms with Gasteiger partial charge in [0.15, 0.2) is 0 Å². The van der Waals surface area contributed by atoms with Gasteiger partial charge in [0, 0.05) is 36.6 Å². The molecule has 0 saturated carbocycles. The van der Waals surface area contributed by atoms with Crippen molar-refractivity contribution < 1.29 is 14.4 Å². The van der Waals surface area contributed by atoms with Gasteiger partial charge in [-0.05, 0) is 42.0 Å². The van der Waals surface area contributed by atoms with Crippen molar-refractivity contribution in [1.29, 1.82) is 0 Å². The zero-order chi connectivity index (χ0) is 17.3. The van der Waals surface area contributed by atoms with Gasteiger partial charge in [-0.3, -0.25) is 14.4 Å². The largest absolute Gasteiger partial charge is 0.326 e. The first-order chi connectivity index (χ1) is 11.4. The third-order valence-corrected chi connectivity index (χ3v) is 3.86. The van der Waals surface area contributed by atoms with Gasteiger partial charge in [0.25, 0.3) is 5.91 Å². The molecule has 1 aliphatic heterocycles. The Bertz CT molecular complexity index is 845. The molecule has 24 heavy (non-hydrogen) atoms. The van der Waals surface area contributed by atoms with Crippen LogP contribution in [0.4, 0.5) is 17.1 Å². The molecular weight excluding hydrogens is 306 g/mol. The number of carbonyl (C=O) groups excluding carboxylic acids is 3. The average Bonchev–Trinajstić information content (AvgIpc) is 2.81. The number of carbonyl (C=O) groups is 3. The van der Waals surface area contributed by atoms with Crippen LogP contribution >= 0.6 is 0 Å². The molecule has 0 fully saturated rings. The van der Waals surface area contributed by atoms with Crippen molar-refractivity contribution in [3.05, 3.63) is 53.6 Å². The van der Waals surface area contributed by atoms with E-state index in [2.05, 4.69) is 10.6 Å². The van der Waals surface area contributed by atoms with Crippen molar-refractivity contribution in [2.24, 2.45) is 0 Å². The van der Waals surface area contributed by atoms with Gasteiger partial charge >= 0.3 is 0 Å². The highest BCUT2D eigenvalue weighted by molar-refractivity contribution is 6.06. The molecule has 0 aliphatic carbocycles. The summed E-state index contributed by atoms with van der Waals surface area (Å²) in [6.07, 6.45) is 0.341. The van der Waals surface area contributed by atoms with E-state index in [9.17, 15) is 14.4 Å². The quantitative estimate of drug-likeness (QED) is 0.910. The van der Waals surface area contributed by atoms with E-state index in [4.69, 9.17) is 0 Å². The van der Waals surface area contributed by atoms with E-state index in [0.29, 0.717) is 23.4 Å². The van der Waals surface area contributed by atoms with Crippen LogP contribution in [0.25, 0.3) is 0 Å². The first-order valence-electron chi connectivity index (χ1n) is 7.52. The normalized spacial score (nSPS) is 12.8. The molecule has 2 aromatic carbocycles. The van der Waals surface area contributed by atoms with Crippen LogP contribution in [-0.4, -0.2) is 24.8 Å². The summed E-state index contributed by atoms with van der Waals surface area (Å²) in [6, 6.07) is 12.1. The average molecular weight is 323 g/mol. The monoisotopic (exact) mass is 323 g/mol. The lowest BCUT2D eigenvalue weighted by atomic mass is 10.1. The topological polar surface area (TPSA) is 78.5 Å². The van der Waals surface area contributed by atoms with Crippen molar-refractivity contribution in [1.82, 2.24) is 0 Å². The van der Waals surface area contributed by atoms with Crippen LogP contribution in [0.2, 0.25) is 0 Å². The molecule has 0 spiro atoms. The van der Waals surface area contributed by atoms with Crippen LogP contribution in [-0.2, 0) is 16.0 Å². The van der Waals surface area contributed by atoms with Gasteiger partial charge in [-0.1, -0.05) is 6.07 Å². The molecule has 0 aromatic heterocycles. The number of nitrogens with zero attached hydrogens (tertiary/aromatic N) is 1. The van der Waals surface area contributed by atoms with Crippen LogP contribution in [0.15, 0.2) is 42.5 Å². The summed E-state index contributed by atoms with van der Waals surface area (Å²) in [7, 11) is 1.74. The van der Waals surface area contributed by atoms with E-state index < -0.39 is 0 Å². The number of nitrogens with one attached hydrogen (secondary N) is 2. The summed E-state index contributed by atoms with van der Waals surface area (Å²) in [5, 5.41) is 5.46. The lowest BCUT2D eigenvalue weighted by Gasteiger charge is -2.11. The zero-order valence-corrected chi connectivity index (χ0v) is 13.4. The molecule has 3 amide bonds. The number of fused-ring (bicyclic) bond motifs is 1. The Kier molecular flexibility index (Phi) is 4.04. The molecule has 0 saturated heterocycles. The van der Waals surface area contributed by atoms with Crippen LogP contribution in [0, 0.1) is 0 Å². The molecule has 1 aliphatic rings. The maximum Gasteiger partial charge on any atom is 0.255 e. The number of likely N-dealkylation sites (N-methyl/N-ethyl adjacent to an activating group) is 1. The molecule has 6 heteroatoms. The molecule has 6 nitrogen and oxygen atoms in total. The fraction of sp³-hybridized carbons (Fsp3) is 0.167. The Morgan fingerprint density at radius 2 is 1.79 bits per heavy atom. The SMILES string of the molecule is CC(=O)Nc1cccc(C(=O)Nc2ccc3c(c2)CC(=O)N3C)c1. The molecular formula is C18H17N3O3. The Morgan fingerprint density at radius 3 is 2.54 bits per heavy atom. The third-order valence-electron chi connectivity index (χ3n) is 3.86. The van der Waals surface area contributed by atoms with Crippen molar-refractivity contribution >= 4 is 34.8 Å². The zero-order valence-electron chi connectivity index (χ0n) is 13.4. The smallest absolute Gasteiger partial charge is 0.255 e. The summed E-state index contributed by atoms with van der Waals surface area (Å²) >= 11 is 0. The summed E-state index contributed by atoms with van der Waals surface area (Å²) in [4.78, 5) is 36.8. The van der Waals surface area contributed by atoms with Crippen molar-refractivity contribution in [3.8, 4) is 0 Å². The van der Waals surface area contributed by atoms with Gasteiger partial charge in [-0.25, -0.2) is 0 Å². The van der Waals surface area contributed by atoms with Gasteiger partial charge < -0.3 is 15.5 Å². The first kappa shape index (κ1) is 15.7. The summed E-state index contributed by atoms with van der Waals surface area (Å²) in [5.41, 5.74) is 3.40. The molecule has 122 valence electrons. The van der Waals surface area contributed by atoms with E-state index in [1.54, 1.807) is 42.3 Å². The fourth-order valence-electron chi connectivity index (χ4n) is 2.69. The number of benzene rings is 2. The minimum absolute atomic E-state index is 0.0384. The molecule has 0 atom stereocenters. The number of amides is 3. The van der Waals surface area contributed by atoms with Gasteiger partial charge in [0.05, 0.1) is 6.42 Å². The predicted octanol–water partition coefficient (Wildman–Crippen LogP) is 2.42. The van der Waals surface area contributed by atoms with E-state index in [1.165, 1.54) is 6.92 Å². The number of hydrogen-bond donors (Lipinski definition) is 2. The molecule has 2 N–H and O–H groups in total.